The van der Waals surface area contributed by atoms with Gasteiger partial charge in [-0.05, 0) is 73.6 Å². The second-order valence-electron chi connectivity index (χ2n) is 7.54. The molecule has 0 aliphatic heterocycles. The van der Waals surface area contributed by atoms with Crippen molar-refractivity contribution >= 4 is 0 Å². The van der Waals surface area contributed by atoms with Crippen LogP contribution in [0.4, 0.5) is 0 Å². The number of hydrogen-bond acceptors (Lipinski definition) is 1. The average molecular weight is 271 g/mol. The van der Waals surface area contributed by atoms with Gasteiger partial charge in [-0.2, -0.15) is 0 Å². The third-order valence-electron chi connectivity index (χ3n) is 5.82. The predicted molar refractivity (Wildman–Crippen MR) is 86.1 cm³/mol. The molecule has 0 aromatic heterocycles. The van der Waals surface area contributed by atoms with E-state index in [4.69, 9.17) is 0 Å². The standard InChI is InChI=1S/C19H29N/c1-19(2)11-5-8-17(19)18(20-3)13-14-9-10-15-6-4-7-16(15)12-14/h9-10,12,17-18,20H,4-8,11,13H2,1-3H3. The first-order valence-corrected chi connectivity index (χ1v) is 8.38. The Hall–Kier alpha value is -0.820. The molecule has 3 rings (SSSR count). The molecule has 0 saturated heterocycles. The summed E-state index contributed by atoms with van der Waals surface area (Å²) >= 11 is 0. The highest BCUT2D eigenvalue weighted by Gasteiger charge is 2.38. The summed E-state index contributed by atoms with van der Waals surface area (Å²) in [5.74, 6) is 0.820. The largest absolute Gasteiger partial charge is 0.316 e. The van der Waals surface area contributed by atoms with Crippen LogP contribution in [0.3, 0.4) is 0 Å². The van der Waals surface area contributed by atoms with E-state index < -0.39 is 0 Å². The van der Waals surface area contributed by atoms with E-state index in [0.29, 0.717) is 11.5 Å². The van der Waals surface area contributed by atoms with Crippen LogP contribution in [0.1, 0.15) is 56.2 Å². The van der Waals surface area contributed by atoms with Gasteiger partial charge < -0.3 is 5.32 Å². The van der Waals surface area contributed by atoms with E-state index >= 15 is 0 Å². The minimum absolute atomic E-state index is 0.504. The fourth-order valence-corrected chi connectivity index (χ4v) is 4.55. The first-order valence-electron chi connectivity index (χ1n) is 8.38. The number of nitrogens with one attached hydrogen (secondary N) is 1. The molecule has 1 saturated carbocycles. The summed E-state index contributed by atoms with van der Waals surface area (Å²) in [6.07, 6.45) is 9.31. The lowest BCUT2D eigenvalue weighted by Crippen LogP contribution is -2.40. The number of fused-ring (bicyclic) bond motifs is 1. The quantitative estimate of drug-likeness (QED) is 0.868. The van der Waals surface area contributed by atoms with Crippen molar-refractivity contribution in [3.8, 4) is 0 Å². The fraction of sp³-hybridized carbons (Fsp3) is 0.684. The number of hydrogen-bond donors (Lipinski definition) is 1. The number of benzene rings is 1. The second-order valence-corrected chi connectivity index (χ2v) is 7.54. The van der Waals surface area contributed by atoms with Crippen molar-refractivity contribution < 1.29 is 0 Å². The van der Waals surface area contributed by atoms with Gasteiger partial charge in [0.2, 0.25) is 0 Å². The van der Waals surface area contributed by atoms with Crippen molar-refractivity contribution in [1.82, 2.24) is 5.32 Å². The van der Waals surface area contributed by atoms with E-state index in [9.17, 15) is 0 Å². The summed E-state index contributed by atoms with van der Waals surface area (Å²) in [7, 11) is 2.15. The molecule has 2 unspecified atom stereocenters. The fourth-order valence-electron chi connectivity index (χ4n) is 4.55. The van der Waals surface area contributed by atoms with Crippen LogP contribution in [-0.4, -0.2) is 13.1 Å². The molecule has 1 N–H and O–H groups in total. The number of likely N-dealkylation sites (N-methyl/N-ethyl adjacent to an activating group) is 1. The summed E-state index contributed by atoms with van der Waals surface area (Å²) in [5.41, 5.74) is 5.25. The molecule has 110 valence electrons. The molecular weight excluding hydrogens is 242 g/mol. The minimum atomic E-state index is 0.504. The molecule has 0 spiro atoms. The molecule has 1 nitrogen and oxygen atoms in total. The van der Waals surface area contributed by atoms with Crippen LogP contribution in [-0.2, 0) is 19.3 Å². The molecule has 2 atom stereocenters. The number of aryl methyl sites for hydroxylation is 2. The van der Waals surface area contributed by atoms with Crippen molar-refractivity contribution in [2.45, 2.75) is 64.8 Å². The third kappa shape index (κ3) is 2.65. The first-order chi connectivity index (χ1) is 9.60. The molecule has 1 heteroatoms. The summed E-state index contributed by atoms with van der Waals surface area (Å²) in [4.78, 5) is 0. The first kappa shape index (κ1) is 14.1. The summed E-state index contributed by atoms with van der Waals surface area (Å²) in [6, 6.07) is 7.86. The zero-order valence-corrected chi connectivity index (χ0v) is 13.3. The van der Waals surface area contributed by atoms with Crippen LogP contribution in [0.15, 0.2) is 18.2 Å². The second kappa shape index (κ2) is 5.52. The topological polar surface area (TPSA) is 12.0 Å². The molecule has 1 fully saturated rings. The van der Waals surface area contributed by atoms with Gasteiger partial charge in [-0.1, -0.05) is 38.5 Å². The molecule has 0 heterocycles. The predicted octanol–water partition coefficient (Wildman–Crippen LogP) is 4.13. The van der Waals surface area contributed by atoms with Crippen LogP contribution in [0.5, 0.6) is 0 Å². The van der Waals surface area contributed by atoms with Gasteiger partial charge in [-0.25, -0.2) is 0 Å². The SMILES string of the molecule is CNC(Cc1ccc2c(c1)CCC2)C1CCCC1(C)C. The Morgan fingerprint density at radius 3 is 2.70 bits per heavy atom. The van der Waals surface area contributed by atoms with E-state index in [-0.39, 0.29) is 0 Å². The Kier molecular flexibility index (Phi) is 3.90. The van der Waals surface area contributed by atoms with Gasteiger partial charge in [0.05, 0.1) is 0 Å². The van der Waals surface area contributed by atoms with Gasteiger partial charge in [0.25, 0.3) is 0 Å². The van der Waals surface area contributed by atoms with Crippen LogP contribution < -0.4 is 5.32 Å². The van der Waals surface area contributed by atoms with Crippen molar-refractivity contribution in [3.05, 3.63) is 34.9 Å². The molecule has 2 aliphatic rings. The van der Waals surface area contributed by atoms with E-state index in [2.05, 4.69) is 44.4 Å². The zero-order valence-electron chi connectivity index (χ0n) is 13.3. The Morgan fingerprint density at radius 2 is 2.00 bits per heavy atom. The number of rotatable bonds is 4. The molecule has 0 amide bonds. The lowest BCUT2D eigenvalue weighted by atomic mass is 9.76. The normalized spacial score (nSPS) is 25.6. The highest BCUT2D eigenvalue weighted by atomic mass is 14.9. The monoisotopic (exact) mass is 271 g/mol. The van der Waals surface area contributed by atoms with E-state index in [1.165, 1.54) is 50.5 Å². The van der Waals surface area contributed by atoms with Gasteiger partial charge in [0, 0.05) is 6.04 Å². The molecule has 0 radical (unpaired) electrons. The Bertz CT molecular complexity index is 475. The van der Waals surface area contributed by atoms with Gasteiger partial charge in [-0.3, -0.25) is 0 Å². The van der Waals surface area contributed by atoms with Crippen LogP contribution in [0, 0.1) is 11.3 Å². The van der Waals surface area contributed by atoms with Crippen LogP contribution in [0.25, 0.3) is 0 Å². The summed E-state index contributed by atoms with van der Waals surface area (Å²) in [6.45, 7) is 4.91. The zero-order chi connectivity index (χ0) is 14.2. The van der Waals surface area contributed by atoms with E-state index in [0.717, 1.165) is 5.92 Å². The van der Waals surface area contributed by atoms with Crippen molar-refractivity contribution in [2.24, 2.45) is 11.3 Å². The van der Waals surface area contributed by atoms with Crippen LogP contribution in [0.2, 0.25) is 0 Å². The van der Waals surface area contributed by atoms with Crippen molar-refractivity contribution in [3.63, 3.8) is 0 Å². The molecule has 2 aliphatic carbocycles. The van der Waals surface area contributed by atoms with Crippen molar-refractivity contribution in [2.75, 3.05) is 7.05 Å². The Balaban J connectivity index is 1.75. The highest BCUT2D eigenvalue weighted by molar-refractivity contribution is 5.35. The maximum absolute atomic E-state index is 3.62. The maximum Gasteiger partial charge on any atom is 0.0138 e. The van der Waals surface area contributed by atoms with E-state index in [1.54, 1.807) is 11.1 Å². The van der Waals surface area contributed by atoms with Crippen molar-refractivity contribution in [1.29, 1.82) is 0 Å². The van der Waals surface area contributed by atoms with Gasteiger partial charge in [0.1, 0.15) is 0 Å². The lowest BCUT2D eigenvalue weighted by Gasteiger charge is -2.34. The average Bonchev–Trinajstić information content (AvgIpc) is 3.01. The maximum atomic E-state index is 3.62. The lowest BCUT2D eigenvalue weighted by molar-refractivity contribution is 0.201. The Labute approximate surface area is 124 Å². The molecule has 1 aromatic carbocycles. The van der Waals surface area contributed by atoms with Gasteiger partial charge >= 0.3 is 0 Å². The summed E-state index contributed by atoms with van der Waals surface area (Å²) in [5, 5.41) is 3.62. The van der Waals surface area contributed by atoms with Gasteiger partial charge in [0.15, 0.2) is 0 Å². The van der Waals surface area contributed by atoms with Gasteiger partial charge in [-0.15, -0.1) is 0 Å². The minimum Gasteiger partial charge on any atom is -0.316 e. The summed E-state index contributed by atoms with van der Waals surface area (Å²) < 4.78 is 0. The smallest absolute Gasteiger partial charge is 0.0138 e. The van der Waals surface area contributed by atoms with E-state index in [1.807, 2.05) is 0 Å². The molecule has 20 heavy (non-hydrogen) atoms. The highest BCUT2D eigenvalue weighted by Crippen LogP contribution is 2.45. The molecule has 1 aromatic rings. The van der Waals surface area contributed by atoms with Crippen LogP contribution >= 0.6 is 0 Å². The molecular formula is C19H29N. The third-order valence-corrected chi connectivity index (χ3v) is 5.82. The Morgan fingerprint density at radius 1 is 1.20 bits per heavy atom. The molecule has 0 bridgehead atoms.